The van der Waals surface area contributed by atoms with Crippen molar-refractivity contribution >= 4 is 18.0 Å². The molecule has 1 atom stereocenters. The van der Waals surface area contributed by atoms with Crippen LogP contribution in [0.25, 0.3) is 17.2 Å². The molecule has 0 spiro atoms. The molecule has 1 aromatic carbocycles. The highest BCUT2D eigenvalue weighted by Crippen LogP contribution is 2.34. The minimum Gasteiger partial charge on any atom is -0.496 e. The van der Waals surface area contributed by atoms with E-state index in [0.717, 1.165) is 12.8 Å². The molecule has 1 fully saturated rings. The Morgan fingerprint density at radius 1 is 1.30 bits per heavy atom. The number of nitrogens with zero attached hydrogens (tertiary/aromatic N) is 1. The highest BCUT2D eigenvalue weighted by molar-refractivity contribution is 6.02. The number of hydrogen-bond donors (Lipinski definition) is 3. The van der Waals surface area contributed by atoms with Gasteiger partial charge in [-0.2, -0.15) is 0 Å². The van der Waals surface area contributed by atoms with E-state index in [1.165, 1.54) is 32.4 Å². The Balaban J connectivity index is 2.11. The molecular weight excluding hydrogens is 388 g/mol. The Kier molecular flexibility index (Phi) is 6.49. The molecule has 1 heterocycles. The number of esters is 1. The first-order valence-corrected chi connectivity index (χ1v) is 9.48. The molecule has 0 amide bonds. The molecule has 1 aromatic heterocycles. The quantitative estimate of drug-likeness (QED) is 0.425. The number of methoxy groups -OCH3 is 2. The lowest BCUT2D eigenvalue weighted by atomic mass is 9.95. The second kappa shape index (κ2) is 9.06. The molecular formula is C22H24N2O6. The molecule has 30 heavy (non-hydrogen) atoms. The lowest BCUT2D eigenvalue weighted by molar-refractivity contribution is 0.0591. The van der Waals surface area contributed by atoms with Crippen LogP contribution in [0.4, 0.5) is 0 Å². The largest absolute Gasteiger partial charge is 0.496 e. The Morgan fingerprint density at radius 2 is 2.03 bits per heavy atom. The summed E-state index contributed by atoms with van der Waals surface area (Å²) >= 11 is 0. The molecule has 0 bridgehead atoms. The fourth-order valence-electron chi connectivity index (χ4n) is 3.13. The first-order valence-electron chi connectivity index (χ1n) is 9.48. The van der Waals surface area contributed by atoms with Crippen molar-refractivity contribution in [3.05, 3.63) is 53.4 Å². The van der Waals surface area contributed by atoms with Gasteiger partial charge in [-0.25, -0.2) is 14.6 Å². The first kappa shape index (κ1) is 21.5. The zero-order valence-electron chi connectivity index (χ0n) is 16.8. The van der Waals surface area contributed by atoms with E-state index >= 15 is 0 Å². The van der Waals surface area contributed by atoms with Crippen LogP contribution in [0.2, 0.25) is 0 Å². The van der Waals surface area contributed by atoms with Crippen LogP contribution in [0.3, 0.4) is 0 Å². The summed E-state index contributed by atoms with van der Waals surface area (Å²) < 4.78 is 10.2. The van der Waals surface area contributed by atoms with Crippen molar-refractivity contribution in [1.82, 2.24) is 10.3 Å². The van der Waals surface area contributed by atoms with Crippen LogP contribution in [0.5, 0.6) is 5.75 Å². The van der Waals surface area contributed by atoms with E-state index < -0.39 is 18.2 Å². The number of rotatable bonds is 9. The van der Waals surface area contributed by atoms with Gasteiger partial charge in [0.05, 0.1) is 25.5 Å². The molecule has 0 aliphatic heterocycles. The lowest BCUT2D eigenvalue weighted by Crippen LogP contribution is -2.25. The number of carbonyl (C=O) groups excluding carboxylic acids is 1. The molecule has 1 aliphatic carbocycles. The summed E-state index contributed by atoms with van der Waals surface area (Å²) in [7, 11) is 2.67. The average molecular weight is 412 g/mol. The summed E-state index contributed by atoms with van der Waals surface area (Å²) in [4.78, 5) is 28.6. The van der Waals surface area contributed by atoms with Gasteiger partial charge in [0.15, 0.2) is 5.69 Å². The lowest BCUT2D eigenvalue weighted by Gasteiger charge is -2.17. The molecule has 158 valence electrons. The molecule has 1 unspecified atom stereocenters. The summed E-state index contributed by atoms with van der Waals surface area (Å²) in [5, 5.41) is 23.1. The Morgan fingerprint density at radius 3 is 2.60 bits per heavy atom. The maximum Gasteiger partial charge on any atom is 0.357 e. The number of aliphatic hydroxyl groups excluding tert-OH is 1. The van der Waals surface area contributed by atoms with Gasteiger partial charge in [0.1, 0.15) is 12.0 Å². The number of ether oxygens (including phenoxy) is 2. The van der Waals surface area contributed by atoms with Crippen LogP contribution in [0.1, 0.15) is 51.2 Å². The van der Waals surface area contributed by atoms with E-state index in [4.69, 9.17) is 9.47 Å². The average Bonchev–Trinajstić information content (AvgIpc) is 3.59. The maximum absolute atomic E-state index is 12.4. The molecule has 1 aliphatic rings. The number of carboxylic acid groups (broad SMARTS) is 1. The van der Waals surface area contributed by atoms with Gasteiger partial charge < -0.3 is 19.7 Å². The van der Waals surface area contributed by atoms with E-state index in [0.29, 0.717) is 23.8 Å². The van der Waals surface area contributed by atoms with Crippen molar-refractivity contribution in [3.8, 4) is 16.9 Å². The fraction of sp³-hybridized carbons (Fsp3) is 0.318. The van der Waals surface area contributed by atoms with Crippen molar-refractivity contribution in [1.29, 1.82) is 0 Å². The zero-order valence-corrected chi connectivity index (χ0v) is 16.8. The van der Waals surface area contributed by atoms with Gasteiger partial charge in [0, 0.05) is 23.2 Å². The van der Waals surface area contributed by atoms with Gasteiger partial charge in [-0.15, -0.1) is 0 Å². The van der Waals surface area contributed by atoms with Crippen molar-refractivity contribution in [3.63, 3.8) is 0 Å². The van der Waals surface area contributed by atoms with E-state index in [1.807, 2.05) is 0 Å². The molecule has 3 rings (SSSR count). The van der Waals surface area contributed by atoms with Crippen molar-refractivity contribution in [2.75, 3.05) is 20.8 Å². The molecule has 0 radical (unpaired) electrons. The predicted octanol–water partition coefficient (Wildman–Crippen LogP) is 2.88. The van der Waals surface area contributed by atoms with Gasteiger partial charge in [-0.3, -0.25) is 5.32 Å². The number of carbonyl (C=O) groups is 2. The van der Waals surface area contributed by atoms with Gasteiger partial charge in [-0.05, 0) is 43.0 Å². The molecule has 2 aromatic rings. The predicted molar refractivity (Wildman–Crippen MR) is 110 cm³/mol. The van der Waals surface area contributed by atoms with Crippen LogP contribution < -0.4 is 10.1 Å². The maximum atomic E-state index is 12.4. The second-order valence-electron chi connectivity index (χ2n) is 7.03. The van der Waals surface area contributed by atoms with Crippen LogP contribution in [0.15, 0.2) is 30.8 Å². The summed E-state index contributed by atoms with van der Waals surface area (Å²) in [5.41, 5.74) is 1.10. The normalized spacial score (nSPS) is 14.1. The fourth-order valence-corrected chi connectivity index (χ4v) is 3.13. The molecule has 3 N–H and O–H groups in total. The van der Waals surface area contributed by atoms with E-state index in [-0.39, 0.29) is 28.1 Å². The van der Waals surface area contributed by atoms with E-state index in [9.17, 15) is 19.8 Å². The standard InChI is InChI=1S/C22H24N2O6/c1-4-13-9-16(21(26)27)15(10-18(13)29-2)14-7-8-17(24-19(14)22(28)30-3)20(25)23-11-12-5-6-12/h4,7-10,12,20,23,25H,1,5-6,11H2,2-3H3,(H,26,27). The van der Waals surface area contributed by atoms with Gasteiger partial charge >= 0.3 is 11.9 Å². The number of pyridine rings is 1. The summed E-state index contributed by atoms with van der Waals surface area (Å²) in [6.45, 7) is 4.33. The topological polar surface area (TPSA) is 118 Å². The number of carboxylic acids is 1. The number of aromatic nitrogens is 1. The number of nitrogens with one attached hydrogen (secondary N) is 1. The summed E-state index contributed by atoms with van der Waals surface area (Å²) in [6.07, 6.45) is 2.68. The van der Waals surface area contributed by atoms with Gasteiger partial charge in [-0.1, -0.05) is 12.7 Å². The molecule has 1 saturated carbocycles. The SMILES string of the molecule is C=Cc1cc(C(=O)O)c(-c2ccc(C(O)NCC3CC3)nc2C(=O)OC)cc1OC. The zero-order chi connectivity index (χ0) is 21.8. The van der Waals surface area contributed by atoms with Gasteiger partial charge in [0.25, 0.3) is 0 Å². The Hall–Kier alpha value is -3.23. The molecule has 8 heteroatoms. The van der Waals surface area contributed by atoms with Crippen LogP contribution in [-0.2, 0) is 4.74 Å². The minimum atomic E-state index is -1.18. The second-order valence-corrected chi connectivity index (χ2v) is 7.03. The highest BCUT2D eigenvalue weighted by atomic mass is 16.5. The number of aliphatic hydroxyl groups is 1. The highest BCUT2D eigenvalue weighted by Gasteiger charge is 2.25. The minimum absolute atomic E-state index is 0.0437. The third kappa shape index (κ3) is 4.50. The third-order valence-corrected chi connectivity index (χ3v) is 4.98. The first-order chi connectivity index (χ1) is 14.4. The van der Waals surface area contributed by atoms with Crippen molar-refractivity contribution in [2.24, 2.45) is 5.92 Å². The van der Waals surface area contributed by atoms with Crippen molar-refractivity contribution < 1.29 is 29.3 Å². The van der Waals surface area contributed by atoms with Crippen LogP contribution in [0, 0.1) is 5.92 Å². The monoisotopic (exact) mass is 412 g/mol. The summed E-state index contributed by atoms with van der Waals surface area (Å²) in [6, 6.07) is 6.03. The summed E-state index contributed by atoms with van der Waals surface area (Å²) in [5.74, 6) is -0.977. The van der Waals surface area contributed by atoms with Crippen LogP contribution in [-0.4, -0.2) is 47.9 Å². The van der Waals surface area contributed by atoms with Crippen molar-refractivity contribution in [2.45, 2.75) is 19.1 Å². The number of hydrogen-bond acceptors (Lipinski definition) is 7. The third-order valence-electron chi connectivity index (χ3n) is 4.98. The van der Waals surface area contributed by atoms with Gasteiger partial charge in [0.2, 0.25) is 0 Å². The number of benzene rings is 1. The smallest absolute Gasteiger partial charge is 0.357 e. The Labute approximate surface area is 174 Å². The molecule has 0 saturated heterocycles. The Bertz CT molecular complexity index is 984. The molecule has 8 nitrogen and oxygen atoms in total. The number of aromatic carboxylic acids is 1. The van der Waals surface area contributed by atoms with E-state index in [1.54, 1.807) is 12.1 Å². The van der Waals surface area contributed by atoms with Crippen LogP contribution >= 0.6 is 0 Å². The van der Waals surface area contributed by atoms with E-state index in [2.05, 4.69) is 16.9 Å².